The van der Waals surface area contributed by atoms with Gasteiger partial charge in [0.15, 0.2) is 0 Å². The van der Waals surface area contributed by atoms with Gasteiger partial charge in [-0.05, 0) is 31.4 Å². The normalized spacial score (nSPS) is 21.9. The quantitative estimate of drug-likeness (QED) is 0.852. The number of hydrogen-bond donors (Lipinski definition) is 2. The van der Waals surface area contributed by atoms with E-state index in [1.165, 1.54) is 18.2 Å². The molecular formula is C14H18F2N2O2. The molecule has 1 fully saturated rings. The van der Waals surface area contributed by atoms with Gasteiger partial charge in [-0.2, -0.15) is 0 Å². The fourth-order valence-corrected chi connectivity index (χ4v) is 2.27. The number of nitrogens with one attached hydrogen (secondary N) is 1. The Morgan fingerprint density at radius 1 is 1.35 bits per heavy atom. The number of ether oxygens (including phenoxy) is 1. The lowest BCUT2D eigenvalue weighted by atomic mass is 10.1. The van der Waals surface area contributed by atoms with Gasteiger partial charge in [0, 0.05) is 18.7 Å². The van der Waals surface area contributed by atoms with Gasteiger partial charge in [-0.3, -0.25) is 4.79 Å². The highest BCUT2D eigenvalue weighted by molar-refractivity contribution is 5.81. The molecule has 110 valence electrons. The Balaban J connectivity index is 1.80. The Labute approximate surface area is 116 Å². The van der Waals surface area contributed by atoms with Gasteiger partial charge in [-0.1, -0.05) is 6.07 Å². The van der Waals surface area contributed by atoms with Gasteiger partial charge in [0.05, 0.1) is 6.10 Å². The van der Waals surface area contributed by atoms with Crippen molar-refractivity contribution in [3.05, 3.63) is 35.4 Å². The minimum Gasteiger partial charge on any atom is -0.364 e. The predicted octanol–water partition coefficient (Wildman–Crippen LogP) is 1.13. The van der Waals surface area contributed by atoms with E-state index in [1.807, 2.05) is 0 Å². The van der Waals surface area contributed by atoms with Crippen molar-refractivity contribution in [1.82, 2.24) is 5.32 Å². The Morgan fingerprint density at radius 3 is 2.65 bits per heavy atom. The average molecular weight is 284 g/mol. The Morgan fingerprint density at radius 2 is 2.05 bits per heavy atom. The van der Waals surface area contributed by atoms with Gasteiger partial charge in [-0.15, -0.1) is 0 Å². The molecule has 0 bridgehead atoms. The molecule has 1 aliphatic rings. The fraction of sp³-hybridized carbons (Fsp3) is 0.500. The number of benzene rings is 1. The first-order valence-electron chi connectivity index (χ1n) is 6.68. The molecule has 1 amide bonds. The van der Waals surface area contributed by atoms with E-state index >= 15 is 0 Å². The fourth-order valence-electron chi connectivity index (χ4n) is 2.27. The number of rotatable bonds is 5. The third-order valence-electron chi connectivity index (χ3n) is 3.40. The zero-order valence-corrected chi connectivity index (χ0v) is 11.1. The summed E-state index contributed by atoms with van der Waals surface area (Å²) in [6.07, 6.45) is 0.916. The van der Waals surface area contributed by atoms with Crippen molar-refractivity contribution in [3.63, 3.8) is 0 Å². The molecule has 3 N–H and O–H groups in total. The first-order valence-corrected chi connectivity index (χ1v) is 6.68. The lowest BCUT2D eigenvalue weighted by molar-refractivity contribution is -0.131. The van der Waals surface area contributed by atoms with Crippen molar-refractivity contribution < 1.29 is 18.3 Å². The zero-order chi connectivity index (χ0) is 14.5. The molecule has 1 heterocycles. The first kappa shape index (κ1) is 14.9. The van der Waals surface area contributed by atoms with Gasteiger partial charge in [0.25, 0.3) is 0 Å². The number of amides is 1. The van der Waals surface area contributed by atoms with Crippen LogP contribution in [0.3, 0.4) is 0 Å². The predicted molar refractivity (Wildman–Crippen MR) is 70.0 cm³/mol. The third kappa shape index (κ3) is 3.52. The zero-order valence-electron chi connectivity index (χ0n) is 11.1. The van der Waals surface area contributed by atoms with Crippen molar-refractivity contribution in [2.75, 3.05) is 13.1 Å². The average Bonchev–Trinajstić information content (AvgIpc) is 2.91. The van der Waals surface area contributed by atoms with E-state index in [1.54, 1.807) is 0 Å². The summed E-state index contributed by atoms with van der Waals surface area (Å²) >= 11 is 0. The van der Waals surface area contributed by atoms with Crippen LogP contribution in [-0.2, 0) is 16.0 Å². The minimum atomic E-state index is -0.598. The maximum absolute atomic E-state index is 13.4. The molecule has 0 aliphatic carbocycles. The van der Waals surface area contributed by atoms with Gasteiger partial charge in [-0.25, -0.2) is 8.78 Å². The molecule has 1 aromatic carbocycles. The van der Waals surface area contributed by atoms with Gasteiger partial charge in [0.2, 0.25) is 5.91 Å². The number of halogens is 2. The van der Waals surface area contributed by atoms with Crippen molar-refractivity contribution in [3.8, 4) is 0 Å². The highest BCUT2D eigenvalue weighted by atomic mass is 19.1. The van der Waals surface area contributed by atoms with E-state index in [-0.39, 0.29) is 30.5 Å². The van der Waals surface area contributed by atoms with Crippen LogP contribution in [0.15, 0.2) is 18.2 Å². The molecule has 0 aromatic heterocycles. The summed E-state index contributed by atoms with van der Waals surface area (Å²) in [5.74, 6) is -1.45. The molecule has 0 saturated carbocycles. The summed E-state index contributed by atoms with van der Waals surface area (Å²) in [6.45, 7) is 0.564. The summed E-state index contributed by atoms with van der Waals surface area (Å²) in [4.78, 5) is 11.8. The number of carbonyl (C=O) groups is 1. The second kappa shape index (κ2) is 6.76. The summed E-state index contributed by atoms with van der Waals surface area (Å²) in [7, 11) is 0. The van der Waals surface area contributed by atoms with Crippen LogP contribution < -0.4 is 11.1 Å². The summed E-state index contributed by atoms with van der Waals surface area (Å²) in [5.41, 5.74) is 5.45. The van der Waals surface area contributed by atoms with Crippen LogP contribution in [-0.4, -0.2) is 31.2 Å². The molecule has 1 aliphatic heterocycles. The van der Waals surface area contributed by atoms with Gasteiger partial charge in [0.1, 0.15) is 17.7 Å². The minimum absolute atomic E-state index is 0.0139. The smallest absolute Gasteiger partial charge is 0.249 e. The number of carbonyl (C=O) groups excluding carboxylic acids is 1. The monoisotopic (exact) mass is 284 g/mol. The highest BCUT2D eigenvalue weighted by Gasteiger charge is 2.29. The highest BCUT2D eigenvalue weighted by Crippen LogP contribution is 2.19. The molecule has 2 rings (SSSR count). The van der Waals surface area contributed by atoms with E-state index in [4.69, 9.17) is 10.5 Å². The maximum Gasteiger partial charge on any atom is 0.249 e. The standard InChI is InChI=1S/C14H18F2N2O2/c15-11-2-1-3-12(16)10(11)6-7-18-14(19)13-5-4-9(8-17)20-13/h1-3,9,13H,4-8,17H2,(H,18,19)/t9-,13+/m1/s1. The second-order valence-corrected chi connectivity index (χ2v) is 4.80. The van der Waals surface area contributed by atoms with E-state index < -0.39 is 17.7 Å². The molecule has 0 spiro atoms. The Kier molecular flexibility index (Phi) is 5.03. The van der Waals surface area contributed by atoms with Crippen LogP contribution in [0.4, 0.5) is 8.78 Å². The second-order valence-electron chi connectivity index (χ2n) is 4.80. The lowest BCUT2D eigenvalue weighted by Crippen LogP contribution is -2.36. The van der Waals surface area contributed by atoms with Crippen molar-refractivity contribution in [2.24, 2.45) is 5.73 Å². The molecule has 2 atom stereocenters. The van der Waals surface area contributed by atoms with Crippen molar-refractivity contribution >= 4 is 5.91 Å². The van der Waals surface area contributed by atoms with Crippen LogP contribution in [0.2, 0.25) is 0 Å². The Bertz CT molecular complexity index is 462. The van der Waals surface area contributed by atoms with E-state index in [0.717, 1.165) is 6.42 Å². The largest absolute Gasteiger partial charge is 0.364 e. The number of nitrogens with two attached hydrogens (primary N) is 1. The summed E-state index contributed by atoms with van der Waals surface area (Å²) in [5, 5.41) is 2.63. The summed E-state index contributed by atoms with van der Waals surface area (Å²) < 4.78 is 32.2. The van der Waals surface area contributed by atoms with Crippen LogP contribution in [0.5, 0.6) is 0 Å². The lowest BCUT2D eigenvalue weighted by Gasteiger charge is -2.13. The molecule has 0 radical (unpaired) electrons. The Hall–Kier alpha value is -1.53. The van der Waals surface area contributed by atoms with E-state index in [2.05, 4.69) is 5.32 Å². The number of hydrogen-bond acceptors (Lipinski definition) is 3. The van der Waals surface area contributed by atoms with Crippen molar-refractivity contribution in [1.29, 1.82) is 0 Å². The molecule has 4 nitrogen and oxygen atoms in total. The summed E-state index contributed by atoms with van der Waals surface area (Å²) in [6, 6.07) is 3.71. The molecule has 20 heavy (non-hydrogen) atoms. The van der Waals surface area contributed by atoms with Gasteiger partial charge < -0.3 is 15.8 Å². The van der Waals surface area contributed by atoms with E-state index in [9.17, 15) is 13.6 Å². The van der Waals surface area contributed by atoms with Crippen LogP contribution in [0, 0.1) is 11.6 Å². The SMILES string of the molecule is NC[C@H]1CC[C@@H](C(=O)NCCc2c(F)cccc2F)O1. The van der Waals surface area contributed by atoms with E-state index in [0.29, 0.717) is 13.0 Å². The molecule has 0 unspecified atom stereocenters. The topological polar surface area (TPSA) is 64.4 Å². The molecule has 1 saturated heterocycles. The first-order chi connectivity index (χ1) is 9.61. The molecular weight excluding hydrogens is 266 g/mol. The maximum atomic E-state index is 13.4. The van der Waals surface area contributed by atoms with Crippen LogP contribution in [0.1, 0.15) is 18.4 Å². The van der Waals surface area contributed by atoms with Gasteiger partial charge >= 0.3 is 0 Å². The van der Waals surface area contributed by atoms with Crippen molar-refractivity contribution in [2.45, 2.75) is 31.5 Å². The molecule has 1 aromatic rings. The van der Waals surface area contributed by atoms with Crippen LogP contribution in [0.25, 0.3) is 0 Å². The van der Waals surface area contributed by atoms with Crippen LogP contribution >= 0.6 is 0 Å². The third-order valence-corrected chi connectivity index (χ3v) is 3.40. The molecule has 6 heteroatoms.